The molecule has 3 rings (SSSR count). The second-order valence-electron chi connectivity index (χ2n) is 5.40. The van der Waals surface area contributed by atoms with Crippen LogP contribution in [0.5, 0.6) is 0 Å². The predicted molar refractivity (Wildman–Crippen MR) is 90.8 cm³/mol. The van der Waals surface area contributed by atoms with Gasteiger partial charge in [-0.3, -0.25) is 14.5 Å². The summed E-state index contributed by atoms with van der Waals surface area (Å²) in [5, 5.41) is 1.12. The van der Waals surface area contributed by atoms with Crippen molar-refractivity contribution in [2.24, 2.45) is 0 Å². The SMILES string of the molecule is C=CC1=C(/C=C\C)C(=O)N(CCc2c[nH]c3ccccc23)C1=O. The maximum atomic E-state index is 12.4. The minimum absolute atomic E-state index is 0.247. The highest BCUT2D eigenvalue weighted by Gasteiger charge is 2.34. The number of fused-ring (bicyclic) bond motifs is 1. The van der Waals surface area contributed by atoms with E-state index in [1.165, 1.54) is 11.0 Å². The van der Waals surface area contributed by atoms with Gasteiger partial charge in [0.05, 0.1) is 11.1 Å². The molecule has 1 aliphatic rings. The average Bonchev–Trinajstić information content (AvgIpc) is 3.06. The summed E-state index contributed by atoms with van der Waals surface area (Å²) in [6.07, 6.45) is 7.44. The van der Waals surface area contributed by atoms with Gasteiger partial charge in [-0.25, -0.2) is 0 Å². The van der Waals surface area contributed by atoms with Crippen LogP contribution in [0.25, 0.3) is 10.9 Å². The van der Waals surface area contributed by atoms with Crippen LogP contribution in [0, 0.1) is 0 Å². The Balaban J connectivity index is 1.81. The number of aromatic amines is 1. The summed E-state index contributed by atoms with van der Waals surface area (Å²) in [7, 11) is 0. The Labute approximate surface area is 134 Å². The zero-order valence-electron chi connectivity index (χ0n) is 13.0. The number of carbonyl (C=O) groups excluding carboxylic acids is 2. The molecule has 0 saturated heterocycles. The van der Waals surface area contributed by atoms with E-state index in [-0.39, 0.29) is 11.8 Å². The van der Waals surface area contributed by atoms with Crippen LogP contribution in [0.1, 0.15) is 12.5 Å². The fourth-order valence-electron chi connectivity index (χ4n) is 2.91. The number of nitrogens with zero attached hydrogens (tertiary/aromatic N) is 1. The molecular formula is C19H18N2O2. The zero-order chi connectivity index (χ0) is 16.4. The maximum absolute atomic E-state index is 12.4. The topological polar surface area (TPSA) is 53.2 Å². The molecule has 0 bridgehead atoms. The lowest BCUT2D eigenvalue weighted by Crippen LogP contribution is -2.33. The van der Waals surface area contributed by atoms with Crippen LogP contribution in [-0.2, 0) is 16.0 Å². The number of benzene rings is 1. The van der Waals surface area contributed by atoms with Gasteiger partial charge in [0.2, 0.25) is 0 Å². The number of aromatic nitrogens is 1. The highest BCUT2D eigenvalue weighted by atomic mass is 16.2. The molecule has 1 N–H and O–H groups in total. The van der Waals surface area contributed by atoms with E-state index in [2.05, 4.69) is 11.6 Å². The van der Waals surface area contributed by atoms with E-state index < -0.39 is 0 Å². The molecule has 0 radical (unpaired) electrons. The lowest BCUT2D eigenvalue weighted by Gasteiger charge is -2.14. The van der Waals surface area contributed by atoms with Gasteiger partial charge < -0.3 is 4.98 Å². The second-order valence-corrected chi connectivity index (χ2v) is 5.40. The Morgan fingerprint density at radius 2 is 1.91 bits per heavy atom. The Bertz CT molecular complexity index is 855. The van der Waals surface area contributed by atoms with E-state index >= 15 is 0 Å². The Morgan fingerprint density at radius 1 is 1.17 bits per heavy atom. The van der Waals surface area contributed by atoms with Crippen molar-refractivity contribution in [3.8, 4) is 0 Å². The standard InChI is InChI=1S/C19H18N2O2/c1-3-7-16-14(4-2)18(22)21(19(16)23)11-10-13-12-20-17-9-6-5-8-15(13)17/h3-9,12,20H,2,10-11H2,1H3/b7-3-. The second kappa shape index (κ2) is 6.08. The van der Waals surface area contributed by atoms with Gasteiger partial charge in [0.25, 0.3) is 11.8 Å². The molecule has 2 aromatic rings. The Kier molecular flexibility index (Phi) is 3.98. The fourth-order valence-corrected chi connectivity index (χ4v) is 2.91. The van der Waals surface area contributed by atoms with Crippen LogP contribution in [0.3, 0.4) is 0 Å². The molecule has 0 fully saturated rings. The van der Waals surface area contributed by atoms with Gasteiger partial charge in [0, 0.05) is 23.6 Å². The van der Waals surface area contributed by atoms with Crippen LogP contribution in [-0.4, -0.2) is 28.2 Å². The molecule has 2 heterocycles. The molecule has 0 aliphatic carbocycles. The first-order valence-corrected chi connectivity index (χ1v) is 7.58. The van der Waals surface area contributed by atoms with Gasteiger partial charge in [-0.1, -0.05) is 43.0 Å². The minimum Gasteiger partial charge on any atom is -0.361 e. The summed E-state index contributed by atoms with van der Waals surface area (Å²) in [6, 6.07) is 7.99. The number of carbonyl (C=O) groups is 2. The van der Waals surface area contributed by atoms with Crippen molar-refractivity contribution in [2.45, 2.75) is 13.3 Å². The molecule has 2 amide bonds. The molecule has 1 aromatic heterocycles. The van der Waals surface area contributed by atoms with Crippen molar-refractivity contribution in [1.29, 1.82) is 0 Å². The molecule has 1 aromatic carbocycles. The molecule has 0 unspecified atom stereocenters. The van der Waals surface area contributed by atoms with Gasteiger partial charge in [-0.15, -0.1) is 0 Å². The number of rotatable bonds is 5. The molecule has 1 aliphatic heterocycles. The molecule has 0 spiro atoms. The summed E-state index contributed by atoms with van der Waals surface area (Å²) in [5.74, 6) is -0.513. The lowest BCUT2D eigenvalue weighted by molar-refractivity contribution is -0.137. The third-order valence-corrected chi connectivity index (χ3v) is 4.06. The lowest BCUT2D eigenvalue weighted by atomic mass is 10.1. The number of hydrogen-bond acceptors (Lipinski definition) is 2. The minimum atomic E-state index is -0.266. The normalized spacial score (nSPS) is 15.4. The first-order chi connectivity index (χ1) is 11.2. The largest absolute Gasteiger partial charge is 0.361 e. The Hall–Kier alpha value is -2.88. The van der Waals surface area contributed by atoms with Crippen molar-refractivity contribution in [3.63, 3.8) is 0 Å². The summed E-state index contributed by atoms with van der Waals surface area (Å²) >= 11 is 0. The van der Waals surface area contributed by atoms with Gasteiger partial charge in [0.15, 0.2) is 0 Å². The van der Waals surface area contributed by atoms with Crippen LogP contribution in [0.2, 0.25) is 0 Å². The number of imide groups is 1. The van der Waals surface area contributed by atoms with Gasteiger partial charge in [-0.2, -0.15) is 0 Å². The molecule has 0 saturated carbocycles. The van der Waals surface area contributed by atoms with E-state index in [0.29, 0.717) is 24.1 Å². The molecule has 23 heavy (non-hydrogen) atoms. The number of para-hydroxylation sites is 1. The van der Waals surface area contributed by atoms with Crippen LogP contribution in [0.15, 0.2) is 66.4 Å². The quantitative estimate of drug-likeness (QED) is 0.863. The van der Waals surface area contributed by atoms with Crippen molar-refractivity contribution in [1.82, 2.24) is 9.88 Å². The number of nitrogens with one attached hydrogen (secondary N) is 1. The van der Waals surface area contributed by atoms with Crippen LogP contribution in [0.4, 0.5) is 0 Å². The first-order valence-electron chi connectivity index (χ1n) is 7.58. The monoisotopic (exact) mass is 306 g/mol. The van der Waals surface area contributed by atoms with Crippen LogP contribution < -0.4 is 0 Å². The number of hydrogen-bond donors (Lipinski definition) is 1. The average molecular weight is 306 g/mol. The first kappa shape index (κ1) is 15.0. The van der Waals surface area contributed by atoms with Crippen molar-refractivity contribution < 1.29 is 9.59 Å². The van der Waals surface area contributed by atoms with Crippen molar-refractivity contribution >= 4 is 22.7 Å². The highest BCUT2D eigenvalue weighted by molar-refractivity contribution is 6.21. The van der Waals surface area contributed by atoms with Gasteiger partial charge in [-0.05, 0) is 25.0 Å². The number of allylic oxidation sites excluding steroid dienone is 1. The van der Waals surface area contributed by atoms with E-state index in [9.17, 15) is 9.59 Å². The van der Waals surface area contributed by atoms with E-state index in [1.807, 2.05) is 37.4 Å². The van der Waals surface area contributed by atoms with Crippen molar-refractivity contribution in [2.75, 3.05) is 6.54 Å². The third-order valence-electron chi connectivity index (χ3n) is 4.06. The molecule has 4 nitrogen and oxygen atoms in total. The van der Waals surface area contributed by atoms with Crippen molar-refractivity contribution in [3.05, 3.63) is 72.0 Å². The molecule has 116 valence electrons. The number of H-pyrrole nitrogens is 1. The van der Waals surface area contributed by atoms with E-state index in [1.54, 1.807) is 12.2 Å². The zero-order valence-corrected chi connectivity index (χ0v) is 13.0. The summed E-state index contributed by atoms with van der Waals surface area (Å²) in [4.78, 5) is 29.3. The molecular weight excluding hydrogens is 288 g/mol. The van der Waals surface area contributed by atoms with Gasteiger partial charge in [0.1, 0.15) is 0 Å². The van der Waals surface area contributed by atoms with Crippen LogP contribution >= 0.6 is 0 Å². The summed E-state index contributed by atoms with van der Waals surface area (Å²) in [6.45, 7) is 5.83. The fraction of sp³-hybridized carbons (Fsp3) is 0.158. The number of amides is 2. The van der Waals surface area contributed by atoms with Gasteiger partial charge >= 0.3 is 0 Å². The predicted octanol–water partition coefficient (Wildman–Crippen LogP) is 3.14. The van der Waals surface area contributed by atoms with E-state index in [4.69, 9.17) is 0 Å². The maximum Gasteiger partial charge on any atom is 0.261 e. The molecule has 0 atom stereocenters. The van der Waals surface area contributed by atoms with E-state index in [0.717, 1.165) is 16.5 Å². The third kappa shape index (κ3) is 2.52. The highest BCUT2D eigenvalue weighted by Crippen LogP contribution is 2.24. The summed E-state index contributed by atoms with van der Waals surface area (Å²) in [5.41, 5.74) is 2.96. The smallest absolute Gasteiger partial charge is 0.261 e. The summed E-state index contributed by atoms with van der Waals surface area (Å²) < 4.78 is 0. The molecule has 4 heteroatoms. The Morgan fingerprint density at radius 3 is 2.65 bits per heavy atom.